The van der Waals surface area contributed by atoms with Crippen LogP contribution in [-0.4, -0.2) is 12.6 Å². The second-order valence-electron chi connectivity index (χ2n) is 6.48. The molecule has 0 saturated carbocycles. The minimum atomic E-state index is 0.242. The molecule has 2 rings (SSSR count). The van der Waals surface area contributed by atoms with Crippen molar-refractivity contribution in [1.29, 1.82) is 0 Å². The third kappa shape index (κ3) is 3.08. The lowest BCUT2D eigenvalue weighted by Crippen LogP contribution is -2.42. The van der Waals surface area contributed by atoms with Crippen LogP contribution in [0.15, 0.2) is 29.7 Å². The molecule has 0 spiro atoms. The Kier molecular flexibility index (Phi) is 3.86. The van der Waals surface area contributed by atoms with Gasteiger partial charge in [0, 0.05) is 24.0 Å². The maximum absolute atomic E-state index is 5.91. The highest BCUT2D eigenvalue weighted by Gasteiger charge is 2.36. The monoisotopic (exact) mass is 276 g/mol. The predicted molar refractivity (Wildman–Crippen MR) is 87.9 cm³/mol. The number of benzene rings is 1. The van der Waals surface area contributed by atoms with Gasteiger partial charge in [-0.15, -0.1) is 12.6 Å². The number of nitrogens with zero attached hydrogens (tertiary/aromatic N) is 1. The van der Waals surface area contributed by atoms with Crippen molar-refractivity contribution in [2.45, 2.75) is 39.7 Å². The average Bonchev–Trinajstić information content (AvgIpc) is 2.63. The van der Waals surface area contributed by atoms with Crippen LogP contribution in [0.5, 0.6) is 0 Å². The fourth-order valence-corrected chi connectivity index (χ4v) is 2.94. The van der Waals surface area contributed by atoms with Crippen LogP contribution in [-0.2, 0) is 6.42 Å². The summed E-state index contributed by atoms with van der Waals surface area (Å²) in [7, 11) is 0. The Morgan fingerprint density at radius 2 is 2.16 bits per heavy atom. The highest BCUT2D eigenvalue weighted by atomic mass is 32.1. The van der Waals surface area contributed by atoms with E-state index in [0.29, 0.717) is 6.04 Å². The van der Waals surface area contributed by atoms with Gasteiger partial charge in [0.25, 0.3) is 0 Å². The zero-order valence-electron chi connectivity index (χ0n) is 12.1. The third-order valence-electron chi connectivity index (χ3n) is 3.84. The van der Waals surface area contributed by atoms with Gasteiger partial charge in [-0.1, -0.05) is 27.4 Å². The summed E-state index contributed by atoms with van der Waals surface area (Å²) in [5, 5.41) is 0. The van der Waals surface area contributed by atoms with Gasteiger partial charge in [0.1, 0.15) is 0 Å². The van der Waals surface area contributed by atoms with E-state index in [1.165, 1.54) is 11.3 Å². The SMILES string of the molecule is C=C(S)CCN1c2ccc(N)cc2CC1C(C)(C)C. The molecule has 19 heavy (non-hydrogen) atoms. The van der Waals surface area contributed by atoms with Crippen molar-refractivity contribution >= 4 is 24.0 Å². The predicted octanol–water partition coefficient (Wildman–Crippen LogP) is 3.88. The zero-order chi connectivity index (χ0) is 14.2. The quantitative estimate of drug-likeness (QED) is 0.648. The van der Waals surface area contributed by atoms with Crippen LogP contribution in [0.4, 0.5) is 11.4 Å². The Labute approximate surface area is 122 Å². The molecule has 0 fully saturated rings. The highest BCUT2D eigenvalue weighted by molar-refractivity contribution is 7.84. The van der Waals surface area contributed by atoms with Crippen LogP contribution < -0.4 is 10.6 Å². The first-order valence-electron chi connectivity index (χ1n) is 6.81. The molecule has 104 valence electrons. The maximum Gasteiger partial charge on any atom is 0.0403 e. The van der Waals surface area contributed by atoms with E-state index in [1.54, 1.807) is 0 Å². The highest BCUT2D eigenvalue weighted by Crippen LogP contribution is 2.40. The molecular formula is C16H24N2S. The fourth-order valence-electron chi connectivity index (χ4n) is 2.84. The van der Waals surface area contributed by atoms with Gasteiger partial charge >= 0.3 is 0 Å². The minimum absolute atomic E-state index is 0.242. The summed E-state index contributed by atoms with van der Waals surface area (Å²) in [6.45, 7) is 11.8. The summed E-state index contributed by atoms with van der Waals surface area (Å²) in [4.78, 5) is 3.44. The van der Waals surface area contributed by atoms with Gasteiger partial charge in [0.2, 0.25) is 0 Å². The van der Waals surface area contributed by atoms with E-state index >= 15 is 0 Å². The van der Waals surface area contributed by atoms with Gasteiger partial charge in [0.05, 0.1) is 0 Å². The molecule has 2 nitrogen and oxygen atoms in total. The first kappa shape index (κ1) is 14.3. The molecule has 1 aromatic rings. The molecule has 1 unspecified atom stereocenters. The van der Waals surface area contributed by atoms with Crippen molar-refractivity contribution in [3.05, 3.63) is 35.2 Å². The molecule has 0 saturated heterocycles. The van der Waals surface area contributed by atoms with Gasteiger partial charge < -0.3 is 10.6 Å². The Morgan fingerprint density at radius 3 is 2.74 bits per heavy atom. The molecule has 0 aliphatic carbocycles. The number of hydrogen-bond acceptors (Lipinski definition) is 3. The molecule has 0 radical (unpaired) electrons. The smallest absolute Gasteiger partial charge is 0.0403 e. The Hall–Kier alpha value is -1.09. The summed E-state index contributed by atoms with van der Waals surface area (Å²) in [6, 6.07) is 6.77. The lowest BCUT2D eigenvalue weighted by molar-refractivity contribution is 0.312. The van der Waals surface area contributed by atoms with Crippen LogP contribution in [0.2, 0.25) is 0 Å². The molecule has 3 heteroatoms. The number of hydrogen-bond donors (Lipinski definition) is 2. The standard InChI is InChI=1S/C16H24N2S/c1-11(19)7-8-18-14-6-5-13(17)9-12(14)10-15(18)16(2,3)4/h5-6,9,15,19H,1,7-8,10,17H2,2-4H3. The number of anilines is 2. The van der Waals surface area contributed by atoms with Crippen LogP contribution in [0, 0.1) is 5.41 Å². The summed E-state index contributed by atoms with van der Waals surface area (Å²) >= 11 is 4.32. The van der Waals surface area contributed by atoms with Crippen LogP contribution in [0.3, 0.4) is 0 Å². The van der Waals surface area contributed by atoms with Gasteiger partial charge in [-0.25, -0.2) is 0 Å². The maximum atomic E-state index is 5.91. The molecule has 1 aliphatic rings. The Bertz CT molecular complexity index is 488. The van der Waals surface area contributed by atoms with Crippen LogP contribution in [0.1, 0.15) is 32.8 Å². The molecule has 1 aromatic carbocycles. The lowest BCUT2D eigenvalue weighted by Gasteiger charge is -2.37. The van der Waals surface area contributed by atoms with Crippen molar-refractivity contribution in [1.82, 2.24) is 0 Å². The molecule has 1 atom stereocenters. The number of rotatable bonds is 3. The van der Waals surface area contributed by atoms with E-state index in [2.05, 4.69) is 57.0 Å². The van der Waals surface area contributed by atoms with Crippen molar-refractivity contribution in [2.24, 2.45) is 5.41 Å². The molecule has 2 N–H and O–H groups in total. The summed E-state index contributed by atoms with van der Waals surface area (Å²) < 4.78 is 0. The van der Waals surface area contributed by atoms with Gasteiger partial charge in [-0.2, -0.15) is 0 Å². The van der Waals surface area contributed by atoms with Gasteiger partial charge in [-0.3, -0.25) is 0 Å². The first-order chi connectivity index (χ1) is 8.79. The van der Waals surface area contributed by atoms with Crippen molar-refractivity contribution in [2.75, 3.05) is 17.2 Å². The van der Waals surface area contributed by atoms with E-state index in [1.807, 2.05) is 6.07 Å². The van der Waals surface area contributed by atoms with Crippen LogP contribution >= 0.6 is 12.6 Å². The van der Waals surface area contributed by atoms with Crippen molar-refractivity contribution in [3.8, 4) is 0 Å². The number of nitrogens with two attached hydrogens (primary N) is 1. The van der Waals surface area contributed by atoms with E-state index in [4.69, 9.17) is 5.73 Å². The van der Waals surface area contributed by atoms with Crippen molar-refractivity contribution < 1.29 is 0 Å². The molecule has 0 amide bonds. The number of thiol groups is 1. The van der Waals surface area contributed by atoms with E-state index in [9.17, 15) is 0 Å². The van der Waals surface area contributed by atoms with E-state index in [-0.39, 0.29) is 5.41 Å². The number of fused-ring (bicyclic) bond motifs is 1. The molecule has 1 heterocycles. The zero-order valence-corrected chi connectivity index (χ0v) is 13.0. The molecular weight excluding hydrogens is 252 g/mol. The Balaban J connectivity index is 2.31. The topological polar surface area (TPSA) is 29.3 Å². The largest absolute Gasteiger partial charge is 0.399 e. The van der Waals surface area contributed by atoms with E-state index < -0.39 is 0 Å². The summed E-state index contributed by atoms with van der Waals surface area (Å²) in [5.74, 6) is 0. The van der Waals surface area contributed by atoms with E-state index in [0.717, 1.165) is 30.0 Å². The lowest BCUT2D eigenvalue weighted by atomic mass is 9.84. The number of nitrogen functional groups attached to an aromatic ring is 1. The summed E-state index contributed by atoms with van der Waals surface area (Å²) in [6.07, 6.45) is 1.99. The molecule has 0 aromatic heterocycles. The molecule has 0 bridgehead atoms. The Morgan fingerprint density at radius 1 is 1.47 bits per heavy atom. The molecule has 1 aliphatic heterocycles. The second kappa shape index (κ2) is 5.12. The third-order valence-corrected chi connectivity index (χ3v) is 4.07. The summed E-state index contributed by atoms with van der Waals surface area (Å²) in [5.41, 5.74) is 9.69. The first-order valence-corrected chi connectivity index (χ1v) is 7.25. The minimum Gasteiger partial charge on any atom is -0.399 e. The fraction of sp³-hybridized carbons (Fsp3) is 0.500. The second-order valence-corrected chi connectivity index (χ2v) is 7.12. The van der Waals surface area contributed by atoms with Crippen molar-refractivity contribution in [3.63, 3.8) is 0 Å². The van der Waals surface area contributed by atoms with Crippen LogP contribution in [0.25, 0.3) is 0 Å². The average molecular weight is 276 g/mol. The van der Waals surface area contributed by atoms with Gasteiger partial charge in [-0.05, 0) is 46.9 Å². The van der Waals surface area contributed by atoms with Gasteiger partial charge in [0.15, 0.2) is 0 Å². The normalized spacial score (nSPS) is 18.5.